The van der Waals surface area contributed by atoms with Crippen LogP contribution in [-0.4, -0.2) is 16.8 Å². The van der Waals surface area contributed by atoms with E-state index in [0.717, 1.165) is 12.1 Å². The summed E-state index contributed by atoms with van der Waals surface area (Å²) in [6, 6.07) is 18.3. The van der Waals surface area contributed by atoms with Crippen molar-refractivity contribution in [2.75, 3.05) is 11.4 Å². The Bertz CT molecular complexity index is 1370. The molecule has 0 aromatic heterocycles. The van der Waals surface area contributed by atoms with Crippen molar-refractivity contribution in [3.63, 3.8) is 0 Å². The molecule has 0 fully saturated rings. The summed E-state index contributed by atoms with van der Waals surface area (Å²) in [6.45, 7) is 8.00. The van der Waals surface area contributed by atoms with Crippen LogP contribution in [0.25, 0.3) is 16.8 Å². The lowest BCUT2D eigenvalue weighted by Crippen LogP contribution is -2.27. The van der Waals surface area contributed by atoms with Gasteiger partial charge in [0, 0.05) is 23.3 Å². The van der Waals surface area contributed by atoms with E-state index in [-0.39, 0.29) is 16.9 Å². The lowest BCUT2D eigenvalue weighted by atomic mass is 9.81. The van der Waals surface area contributed by atoms with Gasteiger partial charge in [0.15, 0.2) is 11.5 Å². The van der Waals surface area contributed by atoms with Crippen molar-refractivity contribution in [2.24, 2.45) is 0 Å². The van der Waals surface area contributed by atoms with E-state index >= 15 is 0 Å². The van der Waals surface area contributed by atoms with Crippen LogP contribution in [0.2, 0.25) is 0 Å². The summed E-state index contributed by atoms with van der Waals surface area (Å²) in [5.74, 6) is -0.185. The molecule has 3 heteroatoms. The minimum atomic E-state index is -0.132. The van der Waals surface area contributed by atoms with Gasteiger partial charge in [0.2, 0.25) is 0 Å². The number of phenolic OH excluding ortho intramolecular Hbond substituents is 2. The zero-order chi connectivity index (χ0) is 31.2. The van der Waals surface area contributed by atoms with Gasteiger partial charge in [-0.1, -0.05) is 166 Å². The highest BCUT2D eigenvalue weighted by molar-refractivity contribution is 5.94. The summed E-state index contributed by atoms with van der Waals surface area (Å²) in [6.07, 6.45) is 28.4. The van der Waals surface area contributed by atoms with Gasteiger partial charge in [-0.2, -0.15) is 0 Å². The first-order chi connectivity index (χ1) is 21.4. The normalized spacial score (nSPS) is 15.2. The molecule has 3 aromatic carbocycles. The van der Waals surface area contributed by atoms with Crippen molar-refractivity contribution >= 4 is 22.5 Å². The fourth-order valence-electron chi connectivity index (χ4n) is 6.99. The van der Waals surface area contributed by atoms with Gasteiger partial charge >= 0.3 is 0 Å². The molecule has 0 aliphatic carbocycles. The number of anilines is 1. The second-order valence-corrected chi connectivity index (χ2v) is 13.4. The number of phenols is 2. The van der Waals surface area contributed by atoms with Crippen molar-refractivity contribution < 1.29 is 10.2 Å². The summed E-state index contributed by atoms with van der Waals surface area (Å²) in [7, 11) is 0. The second kappa shape index (κ2) is 17.3. The number of hydrogen-bond donors (Lipinski definition) is 2. The average Bonchev–Trinajstić information content (AvgIpc) is 3.24. The third kappa shape index (κ3) is 9.16. The fourth-order valence-corrected chi connectivity index (χ4v) is 6.99. The van der Waals surface area contributed by atoms with Gasteiger partial charge in [0.1, 0.15) is 0 Å². The number of allylic oxidation sites excluding steroid dienone is 3. The van der Waals surface area contributed by atoms with Gasteiger partial charge in [-0.25, -0.2) is 0 Å². The monoisotopic (exact) mass is 595 g/mol. The molecule has 4 rings (SSSR count). The molecule has 0 saturated carbocycles. The third-order valence-electron chi connectivity index (χ3n) is 9.53. The highest BCUT2D eigenvalue weighted by Gasteiger charge is 2.40. The fraction of sp³-hybridized carbons (Fsp3) is 0.512. The Kier molecular flexibility index (Phi) is 13.3. The molecule has 0 bridgehead atoms. The highest BCUT2D eigenvalue weighted by atomic mass is 16.3. The van der Waals surface area contributed by atoms with Gasteiger partial charge in [-0.3, -0.25) is 0 Å². The number of unbranched alkanes of at least 4 members (excludes halogenated alkanes) is 15. The summed E-state index contributed by atoms with van der Waals surface area (Å²) in [5, 5.41) is 22.2. The van der Waals surface area contributed by atoms with Crippen LogP contribution in [0.15, 0.2) is 72.4 Å². The predicted octanol–water partition coefficient (Wildman–Crippen LogP) is 12.2. The van der Waals surface area contributed by atoms with Crippen molar-refractivity contribution in [1.29, 1.82) is 0 Å². The number of fused-ring (bicyclic) bond motifs is 3. The molecule has 2 N–H and O–H groups in total. The van der Waals surface area contributed by atoms with Crippen LogP contribution in [-0.2, 0) is 5.41 Å². The first kappa shape index (κ1) is 33.7. The Morgan fingerprint density at radius 1 is 0.659 bits per heavy atom. The highest BCUT2D eigenvalue weighted by Crippen LogP contribution is 2.50. The van der Waals surface area contributed by atoms with E-state index < -0.39 is 0 Å². The van der Waals surface area contributed by atoms with Crippen LogP contribution in [0.4, 0.5) is 5.69 Å². The molecule has 44 heavy (non-hydrogen) atoms. The number of aromatic hydroxyl groups is 2. The van der Waals surface area contributed by atoms with E-state index in [1.807, 2.05) is 12.1 Å². The van der Waals surface area contributed by atoms with E-state index in [4.69, 9.17) is 0 Å². The predicted molar refractivity (Wildman–Crippen MR) is 191 cm³/mol. The zero-order valence-electron chi connectivity index (χ0n) is 27.8. The van der Waals surface area contributed by atoms with Crippen LogP contribution in [0.5, 0.6) is 11.5 Å². The quantitative estimate of drug-likeness (QED) is 0.107. The maximum absolute atomic E-state index is 9.92. The van der Waals surface area contributed by atoms with Crippen LogP contribution in [0.1, 0.15) is 135 Å². The van der Waals surface area contributed by atoms with Gasteiger partial charge in [-0.05, 0) is 52.6 Å². The lowest BCUT2D eigenvalue weighted by molar-refractivity contribution is 0.403. The first-order valence-corrected chi connectivity index (χ1v) is 17.6. The van der Waals surface area contributed by atoms with E-state index in [2.05, 4.69) is 74.2 Å². The maximum atomic E-state index is 9.92. The molecule has 0 radical (unpaired) electrons. The molecular weight excluding hydrogens is 538 g/mol. The molecule has 1 heterocycles. The summed E-state index contributed by atoms with van der Waals surface area (Å²) in [5.41, 5.74) is 4.78. The molecule has 0 spiro atoms. The molecule has 0 amide bonds. The van der Waals surface area contributed by atoms with Crippen LogP contribution < -0.4 is 4.90 Å². The Balaban J connectivity index is 1.28. The van der Waals surface area contributed by atoms with Crippen molar-refractivity contribution in [2.45, 2.75) is 129 Å². The van der Waals surface area contributed by atoms with E-state index in [0.29, 0.717) is 0 Å². The minimum absolute atomic E-state index is 0.0926. The smallest absolute Gasteiger partial charge is 0.157 e. The topological polar surface area (TPSA) is 43.7 Å². The zero-order valence-corrected chi connectivity index (χ0v) is 27.8. The number of hydrogen-bond acceptors (Lipinski definition) is 3. The van der Waals surface area contributed by atoms with Gasteiger partial charge in [-0.15, -0.1) is 0 Å². The number of rotatable bonds is 19. The molecule has 0 unspecified atom stereocenters. The van der Waals surface area contributed by atoms with Crippen LogP contribution >= 0.6 is 0 Å². The molecule has 238 valence electrons. The van der Waals surface area contributed by atoms with E-state index in [1.165, 1.54) is 137 Å². The van der Waals surface area contributed by atoms with Crippen molar-refractivity contribution in [3.05, 3.63) is 83.6 Å². The number of nitrogens with zero attached hydrogens (tertiary/aromatic N) is 1. The van der Waals surface area contributed by atoms with Crippen molar-refractivity contribution in [3.8, 4) is 11.5 Å². The van der Waals surface area contributed by atoms with Gasteiger partial charge < -0.3 is 15.1 Å². The Morgan fingerprint density at radius 3 is 1.86 bits per heavy atom. The van der Waals surface area contributed by atoms with Gasteiger partial charge in [0.25, 0.3) is 0 Å². The summed E-state index contributed by atoms with van der Waals surface area (Å²) < 4.78 is 0. The molecule has 1 aliphatic heterocycles. The molecular formula is C41H57NO2. The third-order valence-corrected chi connectivity index (χ3v) is 9.53. The molecule has 3 nitrogen and oxygen atoms in total. The van der Waals surface area contributed by atoms with Crippen molar-refractivity contribution in [1.82, 2.24) is 0 Å². The molecule has 1 aliphatic rings. The largest absolute Gasteiger partial charge is 0.504 e. The average molecular weight is 596 g/mol. The van der Waals surface area contributed by atoms with E-state index in [9.17, 15) is 10.2 Å². The molecule has 0 atom stereocenters. The molecule has 3 aromatic rings. The number of benzene rings is 3. The van der Waals surface area contributed by atoms with E-state index in [1.54, 1.807) is 6.07 Å². The maximum Gasteiger partial charge on any atom is 0.157 e. The SMILES string of the molecule is CCCCCCCCCCCCCCCCCCN1/C(=C/C=C/c2ccc(O)c(O)c2)C(C)(C)c2c1ccc1ccccc21. The Morgan fingerprint density at radius 2 is 1.25 bits per heavy atom. The minimum Gasteiger partial charge on any atom is -0.504 e. The second-order valence-electron chi connectivity index (χ2n) is 13.4. The Hall–Kier alpha value is -3.20. The standard InChI is InChI=1S/C41H57NO2/c1-4-5-6-7-8-9-10-11-12-13-14-15-16-17-18-21-31-42-36-29-28-34-24-19-20-25-35(34)40(36)41(2,3)39(42)26-22-23-33-27-30-37(43)38(44)32-33/h19-20,22-30,32,43-44H,4-18,21,31H2,1-3H3/b23-22+,39-26+. The Labute approximate surface area is 267 Å². The van der Waals surface area contributed by atoms with Crippen LogP contribution in [0.3, 0.4) is 0 Å². The molecule has 0 saturated heterocycles. The lowest BCUT2D eigenvalue weighted by Gasteiger charge is -2.27. The summed E-state index contributed by atoms with van der Waals surface area (Å²) >= 11 is 0. The van der Waals surface area contributed by atoms with Gasteiger partial charge in [0.05, 0.1) is 0 Å². The van der Waals surface area contributed by atoms with Crippen LogP contribution in [0, 0.1) is 0 Å². The summed E-state index contributed by atoms with van der Waals surface area (Å²) in [4.78, 5) is 2.55. The first-order valence-electron chi connectivity index (χ1n) is 17.6.